The fraction of sp³-hybridized carbons (Fsp3) is 0.467. The number of thiocarbonyl (C=S) groups is 1. The third-order valence-electron chi connectivity index (χ3n) is 3.62. The van der Waals surface area contributed by atoms with Gasteiger partial charge in [-0.2, -0.15) is 0 Å². The van der Waals surface area contributed by atoms with Crippen molar-refractivity contribution in [3.05, 3.63) is 29.8 Å². The highest BCUT2D eigenvalue weighted by atomic mass is 32.1. The molecule has 2 rings (SSSR count). The maximum Gasteiger partial charge on any atom is 0.226 e. The average molecular weight is 292 g/mol. The summed E-state index contributed by atoms with van der Waals surface area (Å²) in [6.45, 7) is 0.829. The Morgan fingerprint density at radius 2 is 2.15 bits per heavy atom. The standard InChI is InChI=1S/C15H20N2O2S/c1-17(12-6-4-11(5-7-12)15(16)20)14(18)9-8-13-3-2-10-19-13/h4-7,13H,2-3,8-10H2,1H3,(H2,16,20). The van der Waals surface area contributed by atoms with E-state index in [-0.39, 0.29) is 12.0 Å². The summed E-state index contributed by atoms with van der Waals surface area (Å²) < 4.78 is 5.53. The molecule has 4 nitrogen and oxygen atoms in total. The van der Waals surface area contributed by atoms with Gasteiger partial charge in [-0.15, -0.1) is 0 Å². The summed E-state index contributed by atoms with van der Waals surface area (Å²) in [4.78, 5) is 14.2. The fourth-order valence-electron chi connectivity index (χ4n) is 2.32. The molecule has 5 heteroatoms. The Labute approximate surface area is 124 Å². The first-order valence-corrected chi connectivity index (χ1v) is 7.27. The van der Waals surface area contributed by atoms with Crippen LogP contribution in [-0.2, 0) is 9.53 Å². The van der Waals surface area contributed by atoms with Crippen LogP contribution in [0.25, 0.3) is 0 Å². The van der Waals surface area contributed by atoms with Crippen LogP contribution in [-0.4, -0.2) is 30.7 Å². The molecule has 1 aromatic rings. The van der Waals surface area contributed by atoms with Crippen molar-refractivity contribution in [1.29, 1.82) is 0 Å². The summed E-state index contributed by atoms with van der Waals surface area (Å²) in [6.07, 6.45) is 3.74. The van der Waals surface area contributed by atoms with Gasteiger partial charge in [0.2, 0.25) is 5.91 Å². The number of anilines is 1. The molecule has 1 aliphatic heterocycles. The lowest BCUT2D eigenvalue weighted by Gasteiger charge is -2.18. The number of hydrogen-bond acceptors (Lipinski definition) is 3. The van der Waals surface area contributed by atoms with Crippen LogP contribution in [0.5, 0.6) is 0 Å². The van der Waals surface area contributed by atoms with Crippen molar-refractivity contribution in [2.24, 2.45) is 5.73 Å². The van der Waals surface area contributed by atoms with E-state index in [2.05, 4.69) is 0 Å². The third-order valence-corrected chi connectivity index (χ3v) is 3.85. The van der Waals surface area contributed by atoms with Gasteiger partial charge >= 0.3 is 0 Å². The Hall–Kier alpha value is -1.46. The zero-order valence-corrected chi connectivity index (χ0v) is 12.5. The van der Waals surface area contributed by atoms with Crippen molar-refractivity contribution < 1.29 is 9.53 Å². The molecule has 1 unspecified atom stereocenters. The van der Waals surface area contributed by atoms with Gasteiger partial charge in [0, 0.05) is 31.3 Å². The highest BCUT2D eigenvalue weighted by molar-refractivity contribution is 7.80. The van der Waals surface area contributed by atoms with Gasteiger partial charge in [-0.25, -0.2) is 0 Å². The predicted molar refractivity (Wildman–Crippen MR) is 83.9 cm³/mol. The van der Waals surface area contributed by atoms with Crippen LogP contribution in [0.15, 0.2) is 24.3 Å². The van der Waals surface area contributed by atoms with Crippen molar-refractivity contribution in [2.45, 2.75) is 31.8 Å². The lowest BCUT2D eigenvalue weighted by Crippen LogP contribution is -2.27. The molecule has 1 amide bonds. The van der Waals surface area contributed by atoms with Crippen LogP contribution < -0.4 is 10.6 Å². The van der Waals surface area contributed by atoms with Crippen LogP contribution >= 0.6 is 12.2 Å². The highest BCUT2D eigenvalue weighted by Crippen LogP contribution is 2.19. The van der Waals surface area contributed by atoms with Gasteiger partial charge in [0.15, 0.2) is 0 Å². The maximum absolute atomic E-state index is 12.1. The van der Waals surface area contributed by atoms with Gasteiger partial charge in [-0.05, 0) is 43.5 Å². The quantitative estimate of drug-likeness (QED) is 0.846. The SMILES string of the molecule is CN(C(=O)CCC1CCCO1)c1ccc(C(N)=S)cc1. The first-order valence-electron chi connectivity index (χ1n) is 6.86. The summed E-state index contributed by atoms with van der Waals surface area (Å²) in [5, 5.41) is 0. The molecule has 0 radical (unpaired) electrons. The number of nitrogens with zero attached hydrogens (tertiary/aromatic N) is 1. The molecule has 108 valence electrons. The molecule has 1 aromatic carbocycles. The number of hydrogen-bond donors (Lipinski definition) is 1. The molecular weight excluding hydrogens is 272 g/mol. The van der Waals surface area contributed by atoms with E-state index in [0.717, 1.165) is 37.1 Å². The Bertz CT molecular complexity index is 481. The normalized spacial score (nSPS) is 17.9. The smallest absolute Gasteiger partial charge is 0.226 e. The summed E-state index contributed by atoms with van der Waals surface area (Å²) >= 11 is 4.91. The zero-order valence-electron chi connectivity index (χ0n) is 11.7. The fourth-order valence-corrected chi connectivity index (χ4v) is 2.45. The second kappa shape index (κ2) is 6.81. The molecule has 0 spiro atoms. The van der Waals surface area contributed by atoms with E-state index in [1.807, 2.05) is 24.3 Å². The van der Waals surface area contributed by atoms with Gasteiger partial charge in [0.25, 0.3) is 0 Å². The van der Waals surface area contributed by atoms with Crippen LogP contribution in [0, 0.1) is 0 Å². The second-order valence-electron chi connectivity index (χ2n) is 5.04. The number of carbonyl (C=O) groups is 1. The van der Waals surface area contributed by atoms with E-state index in [4.69, 9.17) is 22.7 Å². The molecular formula is C15H20N2O2S. The van der Waals surface area contributed by atoms with E-state index >= 15 is 0 Å². The van der Waals surface area contributed by atoms with Crippen LogP contribution in [0.4, 0.5) is 5.69 Å². The molecule has 2 N–H and O–H groups in total. The number of benzene rings is 1. The van der Waals surface area contributed by atoms with Crippen LogP contribution in [0.2, 0.25) is 0 Å². The van der Waals surface area contributed by atoms with E-state index < -0.39 is 0 Å². The van der Waals surface area contributed by atoms with Gasteiger partial charge in [-0.1, -0.05) is 12.2 Å². The van der Waals surface area contributed by atoms with Gasteiger partial charge in [0.1, 0.15) is 4.99 Å². The number of amides is 1. The van der Waals surface area contributed by atoms with E-state index in [0.29, 0.717) is 11.4 Å². The third kappa shape index (κ3) is 3.77. The topological polar surface area (TPSA) is 55.6 Å². The van der Waals surface area contributed by atoms with Crippen molar-refractivity contribution >= 4 is 28.8 Å². The summed E-state index contributed by atoms with van der Waals surface area (Å²) in [6, 6.07) is 7.39. The van der Waals surface area contributed by atoms with E-state index in [1.54, 1.807) is 11.9 Å². The summed E-state index contributed by atoms with van der Waals surface area (Å²) in [5.74, 6) is 0.101. The minimum absolute atomic E-state index is 0.101. The van der Waals surface area contributed by atoms with Crippen LogP contribution in [0.1, 0.15) is 31.2 Å². The first-order chi connectivity index (χ1) is 9.58. The van der Waals surface area contributed by atoms with Gasteiger partial charge in [0.05, 0.1) is 6.10 Å². The minimum atomic E-state index is 0.101. The monoisotopic (exact) mass is 292 g/mol. The predicted octanol–water partition coefficient (Wildman–Crippen LogP) is 2.24. The van der Waals surface area contributed by atoms with Crippen molar-refractivity contribution in [3.8, 4) is 0 Å². The molecule has 0 aliphatic carbocycles. The summed E-state index contributed by atoms with van der Waals surface area (Å²) in [7, 11) is 1.79. The van der Waals surface area contributed by atoms with Crippen molar-refractivity contribution in [2.75, 3.05) is 18.6 Å². The molecule has 0 aromatic heterocycles. The van der Waals surface area contributed by atoms with Gasteiger partial charge < -0.3 is 15.4 Å². The van der Waals surface area contributed by atoms with Gasteiger partial charge in [-0.3, -0.25) is 4.79 Å². The van der Waals surface area contributed by atoms with Crippen molar-refractivity contribution in [1.82, 2.24) is 0 Å². The number of nitrogens with two attached hydrogens (primary N) is 1. The van der Waals surface area contributed by atoms with Crippen molar-refractivity contribution in [3.63, 3.8) is 0 Å². The molecule has 0 bridgehead atoms. The maximum atomic E-state index is 12.1. The second-order valence-corrected chi connectivity index (χ2v) is 5.48. The minimum Gasteiger partial charge on any atom is -0.389 e. The molecule has 1 atom stereocenters. The molecule has 20 heavy (non-hydrogen) atoms. The summed E-state index contributed by atoms with van der Waals surface area (Å²) in [5.41, 5.74) is 7.21. The first kappa shape index (κ1) is 14.9. The Kier molecular flexibility index (Phi) is 5.09. The highest BCUT2D eigenvalue weighted by Gasteiger charge is 2.18. The number of carbonyl (C=O) groups excluding carboxylic acids is 1. The largest absolute Gasteiger partial charge is 0.389 e. The number of rotatable bonds is 5. The molecule has 1 fully saturated rings. The van der Waals surface area contributed by atoms with E-state index in [1.165, 1.54) is 0 Å². The molecule has 1 heterocycles. The lowest BCUT2D eigenvalue weighted by molar-refractivity contribution is -0.118. The molecule has 1 aliphatic rings. The zero-order chi connectivity index (χ0) is 14.5. The molecule has 0 saturated carbocycles. The number of ether oxygens (including phenoxy) is 1. The molecule has 1 saturated heterocycles. The lowest BCUT2D eigenvalue weighted by atomic mass is 10.1. The Morgan fingerprint density at radius 1 is 1.45 bits per heavy atom. The van der Waals surface area contributed by atoms with E-state index in [9.17, 15) is 4.79 Å². The Balaban J connectivity index is 1.90. The Morgan fingerprint density at radius 3 is 2.70 bits per heavy atom. The average Bonchev–Trinajstić information content (AvgIpc) is 2.97. The van der Waals surface area contributed by atoms with Crippen LogP contribution in [0.3, 0.4) is 0 Å².